The van der Waals surface area contributed by atoms with Gasteiger partial charge in [-0.2, -0.15) is 0 Å². The van der Waals surface area contributed by atoms with Crippen molar-refractivity contribution in [3.05, 3.63) is 46.7 Å². The van der Waals surface area contributed by atoms with Crippen LogP contribution in [0.1, 0.15) is 85.3 Å². The Balaban J connectivity index is 2.50. The van der Waals surface area contributed by atoms with Gasteiger partial charge in [-0.15, -0.1) is 0 Å². The molecule has 0 saturated heterocycles. The number of allylic oxidation sites excluding steroid dienone is 1. The van der Waals surface area contributed by atoms with E-state index in [4.69, 9.17) is 19.5 Å². The lowest BCUT2D eigenvalue weighted by Gasteiger charge is -2.41. The standard InChI is InChI=1S/C29H44N2O2/c1-18(2)24-14-22(32-10)15-25(19(3)4)28(24)30-12-13-31-29(9)26(20(5)6)16-23(33-11)17-27(29)21(7)8/h12-21,26H,1-11H3. The molecule has 1 aromatic carbocycles. The number of methoxy groups -OCH3 is 2. The molecule has 0 radical (unpaired) electrons. The minimum atomic E-state index is -0.335. The van der Waals surface area contributed by atoms with Crippen molar-refractivity contribution in [2.45, 2.75) is 79.7 Å². The number of rotatable bonds is 9. The molecule has 182 valence electrons. The summed E-state index contributed by atoms with van der Waals surface area (Å²) in [4.78, 5) is 10.0. The Kier molecular flexibility index (Phi) is 9.11. The first-order valence-corrected chi connectivity index (χ1v) is 12.2. The Hall–Kier alpha value is -2.36. The number of hydrogen-bond acceptors (Lipinski definition) is 4. The second-order valence-electron chi connectivity index (χ2n) is 10.5. The zero-order chi connectivity index (χ0) is 24.9. The molecule has 0 amide bonds. The zero-order valence-corrected chi connectivity index (χ0v) is 22.6. The molecule has 0 bridgehead atoms. The van der Waals surface area contributed by atoms with Crippen molar-refractivity contribution in [1.82, 2.24) is 0 Å². The van der Waals surface area contributed by atoms with E-state index in [1.807, 2.05) is 12.4 Å². The fourth-order valence-corrected chi connectivity index (χ4v) is 4.85. The number of hydrogen-bond donors (Lipinski definition) is 0. The third kappa shape index (κ3) is 5.96. The first-order valence-electron chi connectivity index (χ1n) is 12.2. The topological polar surface area (TPSA) is 43.2 Å². The van der Waals surface area contributed by atoms with Crippen LogP contribution in [0.4, 0.5) is 5.69 Å². The van der Waals surface area contributed by atoms with E-state index >= 15 is 0 Å². The Morgan fingerprint density at radius 1 is 0.848 bits per heavy atom. The molecule has 1 aromatic rings. The third-order valence-electron chi connectivity index (χ3n) is 6.69. The molecule has 1 aliphatic rings. The lowest BCUT2D eigenvalue weighted by atomic mass is 9.68. The molecule has 0 aromatic heterocycles. The molecule has 0 saturated carbocycles. The maximum Gasteiger partial charge on any atom is 0.119 e. The van der Waals surface area contributed by atoms with Gasteiger partial charge in [0.05, 0.1) is 25.4 Å². The molecule has 4 nitrogen and oxygen atoms in total. The molecule has 0 fully saturated rings. The lowest BCUT2D eigenvalue weighted by molar-refractivity contribution is 0.255. The smallest absolute Gasteiger partial charge is 0.119 e. The largest absolute Gasteiger partial charge is 0.497 e. The fraction of sp³-hybridized carbons (Fsp3) is 0.586. The average Bonchev–Trinajstić information content (AvgIpc) is 2.75. The van der Waals surface area contributed by atoms with Crippen molar-refractivity contribution < 1.29 is 9.47 Å². The van der Waals surface area contributed by atoms with Gasteiger partial charge >= 0.3 is 0 Å². The van der Waals surface area contributed by atoms with Crippen LogP contribution in [0, 0.1) is 17.8 Å². The van der Waals surface area contributed by atoms with Crippen molar-refractivity contribution in [2.24, 2.45) is 27.7 Å². The van der Waals surface area contributed by atoms with Gasteiger partial charge in [0.25, 0.3) is 0 Å². The van der Waals surface area contributed by atoms with Gasteiger partial charge in [-0.05, 0) is 71.6 Å². The highest BCUT2D eigenvalue weighted by molar-refractivity contribution is 6.17. The zero-order valence-electron chi connectivity index (χ0n) is 22.6. The summed E-state index contributed by atoms with van der Waals surface area (Å²) in [5.41, 5.74) is 4.38. The summed E-state index contributed by atoms with van der Waals surface area (Å²) in [6.07, 6.45) is 8.13. The van der Waals surface area contributed by atoms with Crippen LogP contribution in [-0.2, 0) is 4.74 Å². The summed E-state index contributed by atoms with van der Waals surface area (Å²) in [7, 11) is 3.46. The van der Waals surface area contributed by atoms with Crippen LogP contribution in [0.15, 0.2) is 45.6 Å². The van der Waals surface area contributed by atoms with Gasteiger partial charge < -0.3 is 9.47 Å². The minimum Gasteiger partial charge on any atom is -0.497 e. The Morgan fingerprint density at radius 3 is 1.85 bits per heavy atom. The number of nitrogens with zero attached hydrogens (tertiary/aromatic N) is 2. The van der Waals surface area contributed by atoms with Crippen LogP contribution < -0.4 is 4.74 Å². The Bertz CT molecular complexity index is 906. The summed E-state index contributed by atoms with van der Waals surface area (Å²) in [6.45, 7) is 20.0. The van der Waals surface area contributed by atoms with Crippen LogP contribution in [0.5, 0.6) is 5.75 Å². The van der Waals surface area contributed by atoms with Crippen molar-refractivity contribution in [3.8, 4) is 5.75 Å². The van der Waals surface area contributed by atoms with Gasteiger partial charge in [0.1, 0.15) is 11.5 Å². The van der Waals surface area contributed by atoms with E-state index in [1.165, 1.54) is 16.7 Å². The minimum absolute atomic E-state index is 0.248. The number of benzene rings is 1. The van der Waals surface area contributed by atoms with Gasteiger partial charge in [0.15, 0.2) is 0 Å². The SMILES string of the molecule is COC1=CC(C(C)C)C(C)(N=CC=Nc2c(C(C)C)cc(OC)cc2C(C)C)C(C(C)C)=C1. The second kappa shape index (κ2) is 11.2. The first-order chi connectivity index (χ1) is 15.5. The molecular weight excluding hydrogens is 408 g/mol. The van der Waals surface area contributed by atoms with Crippen LogP contribution in [-0.4, -0.2) is 32.2 Å². The highest BCUT2D eigenvalue weighted by Gasteiger charge is 2.41. The molecule has 33 heavy (non-hydrogen) atoms. The molecule has 2 atom stereocenters. The molecule has 1 aliphatic carbocycles. The summed E-state index contributed by atoms with van der Waals surface area (Å²) in [6, 6.07) is 4.21. The van der Waals surface area contributed by atoms with Gasteiger partial charge in [0.2, 0.25) is 0 Å². The quantitative estimate of drug-likeness (QED) is 0.358. The molecule has 0 heterocycles. The van der Waals surface area contributed by atoms with E-state index < -0.39 is 0 Å². The summed E-state index contributed by atoms with van der Waals surface area (Å²) >= 11 is 0. The van der Waals surface area contributed by atoms with E-state index in [0.29, 0.717) is 23.7 Å². The summed E-state index contributed by atoms with van der Waals surface area (Å²) in [5.74, 6) is 3.55. The summed E-state index contributed by atoms with van der Waals surface area (Å²) in [5, 5.41) is 0. The molecule has 4 heteroatoms. The normalized spacial score (nSPS) is 21.6. The van der Waals surface area contributed by atoms with E-state index in [2.05, 4.69) is 86.6 Å². The molecule has 0 N–H and O–H groups in total. The highest BCUT2D eigenvalue weighted by atomic mass is 16.5. The average molecular weight is 453 g/mol. The van der Waals surface area contributed by atoms with Crippen LogP contribution in [0.25, 0.3) is 0 Å². The van der Waals surface area contributed by atoms with E-state index in [9.17, 15) is 0 Å². The van der Waals surface area contributed by atoms with Crippen molar-refractivity contribution >= 4 is 18.1 Å². The van der Waals surface area contributed by atoms with Crippen LogP contribution in [0.2, 0.25) is 0 Å². The van der Waals surface area contributed by atoms with Crippen molar-refractivity contribution in [3.63, 3.8) is 0 Å². The van der Waals surface area contributed by atoms with Crippen LogP contribution in [0.3, 0.4) is 0 Å². The predicted octanol–water partition coefficient (Wildman–Crippen LogP) is 7.87. The molecule has 2 unspecified atom stereocenters. The molecule has 0 spiro atoms. The maximum atomic E-state index is 5.62. The third-order valence-corrected chi connectivity index (χ3v) is 6.69. The van der Waals surface area contributed by atoms with E-state index in [-0.39, 0.29) is 11.5 Å². The first kappa shape index (κ1) is 26.9. The molecule has 0 aliphatic heterocycles. The fourth-order valence-electron chi connectivity index (χ4n) is 4.85. The monoisotopic (exact) mass is 452 g/mol. The van der Waals surface area contributed by atoms with Gasteiger partial charge in [-0.1, -0.05) is 55.4 Å². The van der Waals surface area contributed by atoms with Crippen molar-refractivity contribution in [2.75, 3.05) is 14.2 Å². The van der Waals surface area contributed by atoms with E-state index in [0.717, 1.165) is 17.2 Å². The Morgan fingerprint density at radius 2 is 1.42 bits per heavy atom. The Labute approximate surface area is 201 Å². The number of ether oxygens (including phenoxy) is 2. The predicted molar refractivity (Wildman–Crippen MR) is 143 cm³/mol. The summed E-state index contributed by atoms with van der Waals surface area (Å²) < 4.78 is 11.2. The van der Waals surface area contributed by atoms with Gasteiger partial charge in [0, 0.05) is 18.3 Å². The van der Waals surface area contributed by atoms with Crippen molar-refractivity contribution in [1.29, 1.82) is 0 Å². The molecule has 2 rings (SSSR count). The second-order valence-corrected chi connectivity index (χ2v) is 10.5. The van der Waals surface area contributed by atoms with Crippen LogP contribution >= 0.6 is 0 Å². The van der Waals surface area contributed by atoms with Gasteiger partial charge in [-0.25, -0.2) is 0 Å². The lowest BCUT2D eigenvalue weighted by Crippen LogP contribution is -2.41. The highest BCUT2D eigenvalue weighted by Crippen LogP contribution is 2.43. The van der Waals surface area contributed by atoms with Gasteiger partial charge in [-0.3, -0.25) is 9.98 Å². The maximum absolute atomic E-state index is 5.62. The van der Waals surface area contributed by atoms with E-state index in [1.54, 1.807) is 14.2 Å². The number of aliphatic imine (C=N–C) groups is 2. The molecular formula is C29H44N2O2.